The molecule has 138 valence electrons. The van der Waals surface area contributed by atoms with E-state index in [1.165, 1.54) is 10.7 Å². The van der Waals surface area contributed by atoms with Gasteiger partial charge in [-0.1, -0.05) is 26.0 Å². The van der Waals surface area contributed by atoms with E-state index in [0.29, 0.717) is 24.9 Å². The van der Waals surface area contributed by atoms with E-state index in [4.69, 9.17) is 0 Å². The summed E-state index contributed by atoms with van der Waals surface area (Å²) in [4.78, 5) is 24.1. The van der Waals surface area contributed by atoms with Gasteiger partial charge in [0, 0.05) is 11.3 Å². The minimum absolute atomic E-state index is 0.123. The monoisotopic (exact) mass is 359 g/mol. The minimum atomic E-state index is -1.07. The molecule has 1 atom stereocenters. The number of hydrogen-bond acceptors (Lipinski definition) is 3. The molecular weight excluding hydrogens is 337 g/mol. The number of carbonyl (C=O) groups excluding carboxylic acids is 1. The van der Waals surface area contributed by atoms with E-state index in [1.807, 2.05) is 13.8 Å². The van der Waals surface area contributed by atoms with E-state index in [1.54, 1.807) is 18.2 Å². The van der Waals surface area contributed by atoms with Crippen LogP contribution in [0.15, 0.2) is 24.3 Å². The molecule has 1 aliphatic rings. The number of para-hydroxylation sites is 1. The van der Waals surface area contributed by atoms with Crippen LogP contribution in [0.5, 0.6) is 0 Å². The van der Waals surface area contributed by atoms with Crippen LogP contribution in [0.4, 0.5) is 4.39 Å². The van der Waals surface area contributed by atoms with E-state index < -0.39 is 23.7 Å². The van der Waals surface area contributed by atoms with Gasteiger partial charge in [-0.2, -0.15) is 5.10 Å². The van der Waals surface area contributed by atoms with Gasteiger partial charge in [-0.15, -0.1) is 0 Å². The molecule has 1 aromatic heterocycles. The van der Waals surface area contributed by atoms with Crippen molar-refractivity contribution in [1.29, 1.82) is 0 Å². The van der Waals surface area contributed by atoms with Crippen molar-refractivity contribution >= 4 is 11.9 Å². The molecule has 0 bridgehead atoms. The maximum atomic E-state index is 14.2. The van der Waals surface area contributed by atoms with Crippen molar-refractivity contribution in [3.8, 4) is 5.69 Å². The molecule has 0 saturated carbocycles. The average molecular weight is 359 g/mol. The number of carboxylic acids is 1. The van der Waals surface area contributed by atoms with Gasteiger partial charge in [0.15, 0.2) is 5.69 Å². The molecule has 2 aromatic rings. The highest BCUT2D eigenvalue weighted by atomic mass is 19.1. The van der Waals surface area contributed by atoms with Crippen LogP contribution >= 0.6 is 0 Å². The SMILES string of the molecule is CC(C)CC(NC(=O)c1nn(-c2ccccc2F)c2c1CCC2)C(=O)O. The van der Waals surface area contributed by atoms with Crippen LogP contribution in [-0.4, -0.2) is 32.8 Å². The van der Waals surface area contributed by atoms with Gasteiger partial charge < -0.3 is 10.4 Å². The van der Waals surface area contributed by atoms with Crippen LogP contribution < -0.4 is 5.32 Å². The summed E-state index contributed by atoms with van der Waals surface area (Å²) in [6.07, 6.45) is 2.57. The molecule has 2 N–H and O–H groups in total. The highest BCUT2D eigenvalue weighted by Gasteiger charge is 2.30. The number of aromatic nitrogens is 2. The number of nitrogens with zero attached hydrogens (tertiary/aromatic N) is 2. The van der Waals surface area contributed by atoms with Crippen molar-refractivity contribution in [2.24, 2.45) is 5.92 Å². The summed E-state index contributed by atoms with van der Waals surface area (Å²) >= 11 is 0. The topological polar surface area (TPSA) is 84.2 Å². The molecule has 26 heavy (non-hydrogen) atoms. The predicted octanol–water partition coefficient (Wildman–Crippen LogP) is 2.73. The van der Waals surface area contributed by atoms with Gasteiger partial charge in [0.1, 0.15) is 17.5 Å². The van der Waals surface area contributed by atoms with Crippen LogP contribution in [0.3, 0.4) is 0 Å². The van der Waals surface area contributed by atoms with Gasteiger partial charge in [0.25, 0.3) is 5.91 Å². The van der Waals surface area contributed by atoms with Crippen molar-refractivity contribution in [3.05, 3.63) is 47.0 Å². The number of carbonyl (C=O) groups is 2. The normalized spacial score (nSPS) is 14.3. The quantitative estimate of drug-likeness (QED) is 0.831. The molecule has 1 heterocycles. The van der Waals surface area contributed by atoms with Crippen LogP contribution in [0, 0.1) is 11.7 Å². The number of halogens is 1. The zero-order valence-corrected chi connectivity index (χ0v) is 14.8. The van der Waals surface area contributed by atoms with E-state index in [-0.39, 0.29) is 11.6 Å². The Morgan fingerprint density at radius 1 is 1.31 bits per heavy atom. The van der Waals surface area contributed by atoms with E-state index in [2.05, 4.69) is 10.4 Å². The lowest BCUT2D eigenvalue weighted by atomic mass is 10.0. The zero-order chi connectivity index (χ0) is 18.8. The second-order valence-corrected chi connectivity index (χ2v) is 6.98. The average Bonchev–Trinajstić information content (AvgIpc) is 3.16. The summed E-state index contributed by atoms with van der Waals surface area (Å²) in [6.45, 7) is 3.79. The van der Waals surface area contributed by atoms with Crippen LogP contribution in [0.25, 0.3) is 5.69 Å². The Bertz CT molecular complexity index is 845. The van der Waals surface area contributed by atoms with Crippen molar-refractivity contribution in [1.82, 2.24) is 15.1 Å². The minimum Gasteiger partial charge on any atom is -0.480 e. The first-order valence-corrected chi connectivity index (χ1v) is 8.77. The Labute approximate surface area is 151 Å². The first-order chi connectivity index (χ1) is 12.4. The fourth-order valence-electron chi connectivity index (χ4n) is 3.36. The Hall–Kier alpha value is -2.70. The summed E-state index contributed by atoms with van der Waals surface area (Å²) < 4.78 is 15.7. The van der Waals surface area contributed by atoms with Crippen LogP contribution in [0.2, 0.25) is 0 Å². The molecule has 0 spiro atoms. The Morgan fingerprint density at radius 3 is 2.69 bits per heavy atom. The fraction of sp³-hybridized carbons (Fsp3) is 0.421. The first kappa shape index (κ1) is 18.1. The number of fused-ring (bicyclic) bond motifs is 1. The highest BCUT2D eigenvalue weighted by molar-refractivity contribution is 5.96. The van der Waals surface area contributed by atoms with Crippen molar-refractivity contribution in [2.45, 2.75) is 45.6 Å². The smallest absolute Gasteiger partial charge is 0.326 e. The Kier molecular flexibility index (Phi) is 5.06. The number of amides is 1. The van der Waals surface area contributed by atoms with E-state index in [0.717, 1.165) is 17.7 Å². The lowest BCUT2D eigenvalue weighted by Gasteiger charge is -2.16. The Morgan fingerprint density at radius 2 is 2.04 bits per heavy atom. The maximum absolute atomic E-state index is 14.2. The maximum Gasteiger partial charge on any atom is 0.326 e. The summed E-state index contributed by atoms with van der Waals surface area (Å²) in [5.74, 6) is -1.89. The Balaban J connectivity index is 1.94. The molecule has 0 fully saturated rings. The van der Waals surface area contributed by atoms with Crippen LogP contribution in [0.1, 0.15) is 48.4 Å². The molecule has 1 unspecified atom stereocenters. The van der Waals surface area contributed by atoms with Crippen molar-refractivity contribution < 1.29 is 19.1 Å². The third-order valence-corrected chi connectivity index (χ3v) is 4.54. The largest absolute Gasteiger partial charge is 0.480 e. The standard InChI is InChI=1S/C19H22FN3O3/c1-11(2)10-14(19(25)26)21-18(24)17-12-6-5-9-15(12)23(22-17)16-8-4-3-7-13(16)20/h3-4,7-8,11,14H,5-6,9-10H2,1-2H3,(H,21,24)(H,25,26). The molecular formula is C19H22FN3O3. The van der Waals surface area contributed by atoms with E-state index >= 15 is 0 Å². The molecule has 3 rings (SSSR count). The van der Waals surface area contributed by atoms with Gasteiger partial charge in [-0.3, -0.25) is 4.79 Å². The summed E-state index contributed by atoms with van der Waals surface area (Å²) in [5, 5.41) is 16.2. The lowest BCUT2D eigenvalue weighted by Crippen LogP contribution is -2.42. The van der Waals surface area contributed by atoms with Gasteiger partial charge in [-0.05, 0) is 43.7 Å². The molecule has 0 aliphatic heterocycles. The van der Waals surface area contributed by atoms with Crippen molar-refractivity contribution in [3.63, 3.8) is 0 Å². The molecule has 1 aromatic carbocycles. The van der Waals surface area contributed by atoms with Gasteiger partial charge in [0.2, 0.25) is 0 Å². The third-order valence-electron chi connectivity index (χ3n) is 4.54. The number of rotatable bonds is 6. The zero-order valence-electron chi connectivity index (χ0n) is 14.8. The van der Waals surface area contributed by atoms with Crippen LogP contribution in [-0.2, 0) is 17.6 Å². The van der Waals surface area contributed by atoms with Crippen molar-refractivity contribution in [2.75, 3.05) is 0 Å². The molecule has 6 nitrogen and oxygen atoms in total. The molecule has 1 aliphatic carbocycles. The van der Waals surface area contributed by atoms with Gasteiger partial charge >= 0.3 is 5.97 Å². The molecule has 0 saturated heterocycles. The molecule has 1 amide bonds. The predicted molar refractivity (Wildman–Crippen MR) is 93.9 cm³/mol. The van der Waals surface area contributed by atoms with Gasteiger partial charge in [0.05, 0.1) is 0 Å². The third kappa shape index (κ3) is 3.47. The number of aliphatic carboxylic acids is 1. The fourth-order valence-corrected chi connectivity index (χ4v) is 3.36. The second kappa shape index (κ2) is 7.27. The lowest BCUT2D eigenvalue weighted by molar-refractivity contribution is -0.139. The second-order valence-electron chi connectivity index (χ2n) is 6.98. The first-order valence-electron chi connectivity index (χ1n) is 8.77. The van der Waals surface area contributed by atoms with Gasteiger partial charge in [-0.25, -0.2) is 13.9 Å². The molecule has 0 radical (unpaired) electrons. The number of hydrogen-bond donors (Lipinski definition) is 2. The molecule has 7 heteroatoms. The summed E-state index contributed by atoms with van der Waals surface area (Å²) in [6, 6.07) is 5.30. The highest BCUT2D eigenvalue weighted by Crippen LogP contribution is 2.28. The number of carboxylic acid groups (broad SMARTS) is 1. The summed E-state index contributed by atoms with van der Waals surface area (Å²) in [5.41, 5.74) is 2.08. The number of nitrogens with one attached hydrogen (secondary N) is 1. The number of benzene rings is 1. The summed E-state index contributed by atoms with van der Waals surface area (Å²) in [7, 11) is 0. The van der Waals surface area contributed by atoms with E-state index in [9.17, 15) is 19.1 Å².